The van der Waals surface area contributed by atoms with E-state index in [4.69, 9.17) is 5.26 Å². The molecule has 0 amide bonds. The minimum absolute atomic E-state index is 0.235. The Morgan fingerprint density at radius 3 is 3.00 bits per heavy atom. The van der Waals surface area contributed by atoms with E-state index >= 15 is 0 Å². The molecular weight excluding hydrogens is 156 g/mol. The van der Waals surface area contributed by atoms with Crippen LogP contribution in [0.15, 0.2) is 17.5 Å². The first-order valence-electron chi connectivity index (χ1n) is 3.16. The summed E-state index contributed by atoms with van der Waals surface area (Å²) in [4.78, 5) is 12.1. The third-order valence-electron chi connectivity index (χ3n) is 1.11. The molecule has 1 heterocycles. The topological polar surface area (TPSA) is 71.2 Å². The second kappa shape index (κ2) is 4.03. The van der Waals surface area contributed by atoms with Gasteiger partial charge in [0.25, 0.3) is 0 Å². The van der Waals surface area contributed by atoms with Crippen molar-refractivity contribution in [1.82, 2.24) is 9.97 Å². The maximum absolute atomic E-state index is 8.56. The highest BCUT2D eigenvalue weighted by molar-refractivity contribution is 5.79. The molecule has 0 fully saturated rings. The molecule has 0 bridgehead atoms. The molecule has 0 aliphatic rings. The van der Waals surface area contributed by atoms with Gasteiger partial charge in [0.05, 0.1) is 6.21 Å². The van der Waals surface area contributed by atoms with Crippen molar-refractivity contribution >= 4 is 6.21 Å². The molecule has 12 heavy (non-hydrogen) atoms. The van der Waals surface area contributed by atoms with Crippen LogP contribution in [0.4, 0.5) is 0 Å². The van der Waals surface area contributed by atoms with Crippen molar-refractivity contribution in [2.75, 3.05) is 7.11 Å². The first-order valence-corrected chi connectivity index (χ1v) is 3.16. The maximum Gasteiger partial charge on any atom is 0.167 e. The Morgan fingerprint density at radius 2 is 2.33 bits per heavy atom. The first-order chi connectivity index (χ1) is 5.88. The highest BCUT2D eigenvalue weighted by Crippen LogP contribution is 1.95. The number of hydrogen-bond acceptors (Lipinski definition) is 5. The molecular formula is C7H6N4O. The minimum atomic E-state index is 0.235. The van der Waals surface area contributed by atoms with Gasteiger partial charge in [0.1, 0.15) is 18.9 Å². The van der Waals surface area contributed by atoms with Gasteiger partial charge in [0, 0.05) is 12.4 Å². The van der Waals surface area contributed by atoms with Gasteiger partial charge in [-0.1, -0.05) is 5.16 Å². The number of oxime groups is 1. The summed E-state index contributed by atoms with van der Waals surface area (Å²) >= 11 is 0. The molecule has 5 heteroatoms. The molecule has 1 rings (SSSR count). The molecule has 0 aliphatic carbocycles. The van der Waals surface area contributed by atoms with Crippen LogP contribution in [0.5, 0.6) is 0 Å². The molecule has 60 valence electrons. The normalized spacial score (nSPS) is 9.67. The van der Waals surface area contributed by atoms with Gasteiger partial charge in [-0.05, 0) is 0 Å². The lowest BCUT2D eigenvalue weighted by Gasteiger charge is -1.91. The molecule has 5 nitrogen and oxygen atoms in total. The van der Waals surface area contributed by atoms with Crippen LogP contribution in [0.1, 0.15) is 11.4 Å². The summed E-state index contributed by atoms with van der Waals surface area (Å²) in [7, 11) is 1.42. The lowest BCUT2D eigenvalue weighted by atomic mass is 10.3. The average molecular weight is 162 g/mol. The van der Waals surface area contributed by atoms with Crippen molar-refractivity contribution in [3.63, 3.8) is 0 Å². The molecule has 0 N–H and O–H groups in total. The van der Waals surface area contributed by atoms with Gasteiger partial charge in [0.15, 0.2) is 5.69 Å². The van der Waals surface area contributed by atoms with Crippen LogP contribution >= 0.6 is 0 Å². The number of nitriles is 1. The Hall–Kier alpha value is -1.96. The van der Waals surface area contributed by atoms with E-state index in [1.54, 1.807) is 0 Å². The Balaban J connectivity index is 2.99. The van der Waals surface area contributed by atoms with E-state index in [0.29, 0.717) is 5.69 Å². The monoisotopic (exact) mass is 162 g/mol. The van der Waals surface area contributed by atoms with Gasteiger partial charge in [-0.25, -0.2) is 4.98 Å². The lowest BCUT2D eigenvalue weighted by molar-refractivity contribution is 0.215. The number of nitrogens with zero attached hydrogens (tertiary/aromatic N) is 4. The molecule has 0 aromatic carbocycles. The predicted molar refractivity (Wildman–Crippen MR) is 41.4 cm³/mol. The van der Waals surface area contributed by atoms with Gasteiger partial charge in [-0.3, -0.25) is 4.98 Å². The van der Waals surface area contributed by atoms with Crippen LogP contribution in [-0.4, -0.2) is 23.3 Å². The van der Waals surface area contributed by atoms with Crippen molar-refractivity contribution in [3.05, 3.63) is 23.8 Å². The van der Waals surface area contributed by atoms with E-state index in [2.05, 4.69) is 20.0 Å². The fourth-order valence-electron chi connectivity index (χ4n) is 0.632. The van der Waals surface area contributed by atoms with Crippen molar-refractivity contribution in [2.24, 2.45) is 5.16 Å². The fourth-order valence-corrected chi connectivity index (χ4v) is 0.632. The standard InChI is InChI=1S/C7H6N4O/c1-12-11-5-7-6(4-8)9-2-3-10-7/h2-3,5H,1H3/b11-5+. The average Bonchev–Trinajstić information content (AvgIpc) is 2.15. The molecule has 0 unspecified atom stereocenters. The SMILES string of the molecule is CO/N=C/c1nccnc1C#N. The largest absolute Gasteiger partial charge is 0.399 e. The highest BCUT2D eigenvalue weighted by atomic mass is 16.6. The van der Waals surface area contributed by atoms with Gasteiger partial charge in [-0.15, -0.1) is 0 Å². The van der Waals surface area contributed by atoms with E-state index in [0.717, 1.165) is 0 Å². The van der Waals surface area contributed by atoms with E-state index in [1.807, 2.05) is 6.07 Å². The van der Waals surface area contributed by atoms with E-state index in [-0.39, 0.29) is 5.69 Å². The third-order valence-corrected chi connectivity index (χ3v) is 1.11. The van der Waals surface area contributed by atoms with Crippen LogP contribution in [0.3, 0.4) is 0 Å². The number of rotatable bonds is 2. The molecule has 0 saturated carbocycles. The zero-order valence-electron chi connectivity index (χ0n) is 6.43. The Kier molecular flexibility index (Phi) is 2.73. The Bertz CT molecular complexity index is 328. The zero-order chi connectivity index (χ0) is 8.81. The summed E-state index contributed by atoms with van der Waals surface area (Å²) < 4.78 is 0. The van der Waals surface area contributed by atoms with Crippen molar-refractivity contribution in [3.8, 4) is 6.07 Å². The smallest absolute Gasteiger partial charge is 0.167 e. The van der Waals surface area contributed by atoms with Crippen molar-refractivity contribution in [2.45, 2.75) is 0 Å². The first kappa shape index (κ1) is 8.14. The second-order valence-corrected chi connectivity index (χ2v) is 1.82. The van der Waals surface area contributed by atoms with Gasteiger partial charge in [-0.2, -0.15) is 5.26 Å². The number of aromatic nitrogens is 2. The van der Waals surface area contributed by atoms with Gasteiger partial charge in [0.2, 0.25) is 0 Å². The minimum Gasteiger partial charge on any atom is -0.399 e. The van der Waals surface area contributed by atoms with Gasteiger partial charge < -0.3 is 4.84 Å². The van der Waals surface area contributed by atoms with Crippen LogP contribution in [0.2, 0.25) is 0 Å². The van der Waals surface area contributed by atoms with Crippen LogP contribution < -0.4 is 0 Å². The van der Waals surface area contributed by atoms with E-state index in [9.17, 15) is 0 Å². The van der Waals surface area contributed by atoms with Crippen LogP contribution in [-0.2, 0) is 4.84 Å². The predicted octanol–water partition coefficient (Wildman–Crippen LogP) is 0.329. The zero-order valence-corrected chi connectivity index (χ0v) is 6.43. The van der Waals surface area contributed by atoms with E-state index < -0.39 is 0 Å². The summed E-state index contributed by atoms with van der Waals surface area (Å²) in [5.41, 5.74) is 0.639. The summed E-state index contributed by atoms with van der Waals surface area (Å²) in [6, 6.07) is 1.88. The third kappa shape index (κ3) is 1.76. The Labute approximate surface area is 69.3 Å². The highest BCUT2D eigenvalue weighted by Gasteiger charge is 1.99. The number of hydrogen-bond donors (Lipinski definition) is 0. The van der Waals surface area contributed by atoms with Crippen LogP contribution in [0.25, 0.3) is 0 Å². The van der Waals surface area contributed by atoms with Crippen LogP contribution in [0, 0.1) is 11.3 Å². The molecule has 0 aliphatic heterocycles. The van der Waals surface area contributed by atoms with Crippen molar-refractivity contribution in [1.29, 1.82) is 5.26 Å². The second-order valence-electron chi connectivity index (χ2n) is 1.82. The molecule has 0 saturated heterocycles. The molecule has 1 aromatic rings. The quantitative estimate of drug-likeness (QED) is 0.464. The van der Waals surface area contributed by atoms with E-state index in [1.165, 1.54) is 25.7 Å². The molecule has 1 aromatic heterocycles. The van der Waals surface area contributed by atoms with Crippen molar-refractivity contribution < 1.29 is 4.84 Å². The molecule has 0 spiro atoms. The molecule has 0 radical (unpaired) electrons. The molecule has 0 atom stereocenters. The summed E-state index contributed by atoms with van der Waals surface area (Å²) in [5.74, 6) is 0. The van der Waals surface area contributed by atoms with Gasteiger partial charge >= 0.3 is 0 Å². The summed E-state index contributed by atoms with van der Waals surface area (Å²) in [6.45, 7) is 0. The summed E-state index contributed by atoms with van der Waals surface area (Å²) in [6.07, 6.45) is 4.27. The Morgan fingerprint density at radius 1 is 1.58 bits per heavy atom. The summed E-state index contributed by atoms with van der Waals surface area (Å²) in [5, 5.41) is 12.0. The lowest BCUT2D eigenvalue weighted by Crippen LogP contribution is -1.95. The fraction of sp³-hybridized carbons (Fsp3) is 0.143. The maximum atomic E-state index is 8.56.